The van der Waals surface area contributed by atoms with Crippen LogP contribution in [0.25, 0.3) is 0 Å². The van der Waals surface area contributed by atoms with Crippen molar-refractivity contribution < 1.29 is 9.53 Å². The quantitative estimate of drug-likeness (QED) is 0.766. The van der Waals surface area contributed by atoms with Gasteiger partial charge in [-0.15, -0.1) is 0 Å². The predicted octanol–water partition coefficient (Wildman–Crippen LogP) is 2.13. The van der Waals surface area contributed by atoms with Gasteiger partial charge in [0, 0.05) is 13.1 Å². The highest BCUT2D eigenvalue weighted by Crippen LogP contribution is 2.15. The van der Waals surface area contributed by atoms with Gasteiger partial charge in [-0.1, -0.05) is 19.1 Å². The minimum absolute atomic E-state index is 0.119. The Kier molecular flexibility index (Phi) is 7.09. The average molecular weight is 278 g/mol. The van der Waals surface area contributed by atoms with Gasteiger partial charge < -0.3 is 15.4 Å². The third kappa shape index (κ3) is 5.61. The lowest BCUT2D eigenvalue weighted by atomic mass is 10.1. The van der Waals surface area contributed by atoms with E-state index in [1.165, 1.54) is 5.56 Å². The van der Waals surface area contributed by atoms with E-state index >= 15 is 0 Å². The average Bonchev–Trinajstić information content (AvgIpc) is 2.46. The largest absolute Gasteiger partial charge is 0.481 e. The molecule has 1 amide bonds. The molecule has 0 bridgehead atoms. The van der Waals surface area contributed by atoms with E-state index in [1.54, 1.807) is 14.0 Å². The van der Waals surface area contributed by atoms with Crippen molar-refractivity contribution in [1.82, 2.24) is 10.6 Å². The number of likely N-dealkylation sites (N-methyl/N-ethyl adjacent to an activating group) is 1. The van der Waals surface area contributed by atoms with Gasteiger partial charge in [0.1, 0.15) is 5.75 Å². The van der Waals surface area contributed by atoms with Crippen LogP contribution in [0.2, 0.25) is 0 Å². The first kappa shape index (κ1) is 16.5. The normalized spacial score (nSPS) is 13.6. The summed E-state index contributed by atoms with van der Waals surface area (Å²) in [5, 5.41) is 6.04. The Morgan fingerprint density at radius 3 is 2.45 bits per heavy atom. The summed E-state index contributed by atoms with van der Waals surface area (Å²) >= 11 is 0. The summed E-state index contributed by atoms with van der Waals surface area (Å²) in [6, 6.07) is 8.40. The molecule has 0 radical (unpaired) electrons. The van der Waals surface area contributed by atoms with Gasteiger partial charge in [0.25, 0.3) is 5.91 Å². The molecule has 0 aliphatic rings. The fourth-order valence-electron chi connectivity index (χ4n) is 1.98. The third-order valence-corrected chi connectivity index (χ3v) is 3.14. The van der Waals surface area contributed by atoms with E-state index < -0.39 is 6.10 Å². The summed E-state index contributed by atoms with van der Waals surface area (Å²) in [6.45, 7) is 7.14. The molecular formula is C16H26N2O2. The van der Waals surface area contributed by atoms with Gasteiger partial charge in [0.2, 0.25) is 0 Å². The number of ether oxygens (including phenoxy) is 1. The molecule has 0 saturated heterocycles. The maximum absolute atomic E-state index is 11.4. The minimum atomic E-state index is -0.476. The molecule has 20 heavy (non-hydrogen) atoms. The standard InChI is InChI=1S/C16H26N2O2/c1-5-10-18-12(2)11-14-6-8-15(9-7-14)20-13(3)16(19)17-4/h6-9,12-13,18H,5,10-11H2,1-4H3,(H,17,19). The van der Waals surface area contributed by atoms with E-state index in [0.717, 1.165) is 25.1 Å². The SMILES string of the molecule is CCCNC(C)Cc1ccc(OC(C)C(=O)NC)cc1. The van der Waals surface area contributed by atoms with Crippen LogP contribution in [0.3, 0.4) is 0 Å². The molecule has 2 atom stereocenters. The van der Waals surface area contributed by atoms with E-state index in [4.69, 9.17) is 4.74 Å². The summed E-state index contributed by atoms with van der Waals surface area (Å²) in [4.78, 5) is 11.4. The molecule has 0 fully saturated rings. The van der Waals surface area contributed by atoms with Crippen molar-refractivity contribution in [2.24, 2.45) is 0 Å². The first-order chi connectivity index (χ1) is 9.56. The van der Waals surface area contributed by atoms with Crippen molar-refractivity contribution in [2.45, 2.75) is 45.8 Å². The summed E-state index contributed by atoms with van der Waals surface area (Å²) in [5.41, 5.74) is 1.26. The Balaban J connectivity index is 2.49. The molecule has 0 spiro atoms. The lowest BCUT2D eigenvalue weighted by Crippen LogP contribution is -2.33. The molecule has 112 valence electrons. The van der Waals surface area contributed by atoms with Gasteiger partial charge in [0.05, 0.1) is 0 Å². The van der Waals surface area contributed by atoms with Crippen LogP contribution in [0.4, 0.5) is 0 Å². The van der Waals surface area contributed by atoms with Crippen molar-refractivity contribution in [1.29, 1.82) is 0 Å². The fraction of sp³-hybridized carbons (Fsp3) is 0.562. The Morgan fingerprint density at radius 1 is 1.25 bits per heavy atom. The Bertz CT molecular complexity index is 403. The van der Waals surface area contributed by atoms with E-state index in [0.29, 0.717) is 6.04 Å². The minimum Gasteiger partial charge on any atom is -0.481 e. The molecule has 0 aliphatic heterocycles. The zero-order valence-electron chi connectivity index (χ0n) is 12.9. The summed E-state index contributed by atoms with van der Waals surface area (Å²) in [5.74, 6) is 0.602. The van der Waals surface area contributed by atoms with Crippen molar-refractivity contribution in [2.75, 3.05) is 13.6 Å². The lowest BCUT2D eigenvalue weighted by Gasteiger charge is -2.15. The number of benzene rings is 1. The maximum atomic E-state index is 11.4. The van der Waals surface area contributed by atoms with Crippen LogP contribution in [0.15, 0.2) is 24.3 Å². The van der Waals surface area contributed by atoms with E-state index in [-0.39, 0.29) is 5.91 Å². The smallest absolute Gasteiger partial charge is 0.260 e. The summed E-state index contributed by atoms with van der Waals surface area (Å²) < 4.78 is 5.56. The number of carbonyl (C=O) groups is 1. The second kappa shape index (κ2) is 8.59. The number of hydrogen-bond acceptors (Lipinski definition) is 3. The first-order valence-corrected chi connectivity index (χ1v) is 7.27. The van der Waals surface area contributed by atoms with Crippen molar-refractivity contribution in [3.05, 3.63) is 29.8 Å². The van der Waals surface area contributed by atoms with Gasteiger partial charge in [0.15, 0.2) is 6.10 Å². The number of carbonyl (C=O) groups excluding carboxylic acids is 1. The number of amides is 1. The van der Waals surface area contributed by atoms with Crippen LogP contribution in [-0.2, 0) is 11.2 Å². The topological polar surface area (TPSA) is 50.4 Å². The summed E-state index contributed by atoms with van der Waals surface area (Å²) in [7, 11) is 1.61. The molecule has 0 heterocycles. The molecule has 0 aromatic heterocycles. The second-order valence-electron chi connectivity index (χ2n) is 5.08. The molecule has 1 aromatic rings. The van der Waals surface area contributed by atoms with Crippen LogP contribution in [0.5, 0.6) is 5.75 Å². The molecule has 2 unspecified atom stereocenters. The Hall–Kier alpha value is -1.55. The third-order valence-electron chi connectivity index (χ3n) is 3.14. The van der Waals surface area contributed by atoms with Crippen LogP contribution >= 0.6 is 0 Å². The molecule has 4 heteroatoms. The molecular weight excluding hydrogens is 252 g/mol. The lowest BCUT2D eigenvalue weighted by molar-refractivity contribution is -0.126. The molecule has 1 aromatic carbocycles. The first-order valence-electron chi connectivity index (χ1n) is 7.27. The Morgan fingerprint density at radius 2 is 1.90 bits per heavy atom. The monoisotopic (exact) mass is 278 g/mol. The van der Waals surface area contributed by atoms with Crippen molar-refractivity contribution in [3.63, 3.8) is 0 Å². The highest BCUT2D eigenvalue weighted by atomic mass is 16.5. The zero-order chi connectivity index (χ0) is 15.0. The highest BCUT2D eigenvalue weighted by Gasteiger charge is 2.12. The molecule has 0 saturated carbocycles. The molecule has 0 aliphatic carbocycles. The van der Waals surface area contributed by atoms with Crippen LogP contribution in [0.1, 0.15) is 32.8 Å². The predicted molar refractivity (Wildman–Crippen MR) is 82.1 cm³/mol. The van der Waals surface area contributed by atoms with Gasteiger partial charge in [-0.05, 0) is 50.9 Å². The maximum Gasteiger partial charge on any atom is 0.260 e. The molecule has 2 N–H and O–H groups in total. The van der Waals surface area contributed by atoms with Crippen molar-refractivity contribution >= 4 is 5.91 Å². The number of rotatable bonds is 8. The number of nitrogens with one attached hydrogen (secondary N) is 2. The Labute approximate surface area is 121 Å². The van der Waals surface area contributed by atoms with E-state index in [2.05, 4.69) is 36.6 Å². The second-order valence-corrected chi connectivity index (χ2v) is 5.08. The van der Waals surface area contributed by atoms with Crippen molar-refractivity contribution in [3.8, 4) is 5.75 Å². The zero-order valence-corrected chi connectivity index (χ0v) is 12.9. The fourth-order valence-corrected chi connectivity index (χ4v) is 1.98. The van der Waals surface area contributed by atoms with E-state index in [9.17, 15) is 4.79 Å². The highest BCUT2D eigenvalue weighted by molar-refractivity contribution is 5.80. The van der Waals surface area contributed by atoms with Gasteiger partial charge in [-0.3, -0.25) is 4.79 Å². The van der Waals surface area contributed by atoms with Gasteiger partial charge >= 0.3 is 0 Å². The molecule has 4 nitrogen and oxygen atoms in total. The van der Waals surface area contributed by atoms with Gasteiger partial charge in [-0.25, -0.2) is 0 Å². The number of hydrogen-bond donors (Lipinski definition) is 2. The van der Waals surface area contributed by atoms with Crippen LogP contribution in [-0.4, -0.2) is 31.6 Å². The van der Waals surface area contributed by atoms with Crippen LogP contribution < -0.4 is 15.4 Å². The van der Waals surface area contributed by atoms with Crippen LogP contribution in [0, 0.1) is 0 Å². The summed E-state index contributed by atoms with van der Waals surface area (Å²) in [6.07, 6.45) is 1.66. The molecule has 1 rings (SSSR count). The van der Waals surface area contributed by atoms with E-state index in [1.807, 2.05) is 12.1 Å². The van der Waals surface area contributed by atoms with Gasteiger partial charge in [-0.2, -0.15) is 0 Å².